The zero-order chi connectivity index (χ0) is 16.9. The first-order chi connectivity index (χ1) is 11.6. The van der Waals surface area contributed by atoms with Crippen LogP contribution in [0.15, 0.2) is 54.7 Å². The molecule has 1 aromatic heterocycles. The van der Waals surface area contributed by atoms with Crippen molar-refractivity contribution in [1.82, 2.24) is 10.3 Å². The molecule has 0 radical (unpaired) electrons. The quantitative estimate of drug-likeness (QED) is 0.688. The predicted octanol–water partition coefficient (Wildman–Crippen LogP) is 4.51. The van der Waals surface area contributed by atoms with E-state index in [4.69, 9.17) is 0 Å². The number of carbonyl (C=O) groups excluding carboxylic acids is 1. The van der Waals surface area contributed by atoms with Gasteiger partial charge >= 0.3 is 0 Å². The average molecular weight is 324 g/mol. The van der Waals surface area contributed by atoms with Crippen molar-refractivity contribution < 1.29 is 9.18 Å². The van der Waals surface area contributed by atoms with E-state index in [9.17, 15) is 9.18 Å². The molecule has 0 aliphatic carbocycles. The number of carbonyl (C=O) groups is 1. The van der Waals surface area contributed by atoms with Crippen LogP contribution in [0.1, 0.15) is 36.9 Å². The van der Waals surface area contributed by atoms with Gasteiger partial charge in [0.1, 0.15) is 5.82 Å². The summed E-state index contributed by atoms with van der Waals surface area (Å²) in [5.74, 6) is -0.248. The molecule has 1 heterocycles. The van der Waals surface area contributed by atoms with E-state index in [1.165, 1.54) is 23.1 Å². The molecule has 0 saturated heterocycles. The zero-order valence-electron chi connectivity index (χ0n) is 13.7. The topological polar surface area (TPSA) is 44.9 Å². The minimum absolute atomic E-state index is 0.0201. The molecule has 3 aromatic rings. The maximum absolute atomic E-state index is 12.9. The van der Waals surface area contributed by atoms with Crippen molar-refractivity contribution in [3.8, 4) is 0 Å². The number of benzene rings is 2. The van der Waals surface area contributed by atoms with Gasteiger partial charge in [-0.3, -0.25) is 4.79 Å². The van der Waals surface area contributed by atoms with Gasteiger partial charge in [-0.25, -0.2) is 4.39 Å². The number of fused-ring (bicyclic) bond motifs is 1. The minimum Gasteiger partial charge on any atom is -0.361 e. The second-order valence-corrected chi connectivity index (χ2v) is 6.05. The van der Waals surface area contributed by atoms with Gasteiger partial charge in [0.05, 0.1) is 6.04 Å². The Morgan fingerprint density at radius 2 is 1.92 bits per heavy atom. The normalized spacial score (nSPS) is 12.2. The van der Waals surface area contributed by atoms with E-state index in [2.05, 4.69) is 22.4 Å². The van der Waals surface area contributed by atoms with Crippen molar-refractivity contribution in [2.24, 2.45) is 0 Å². The smallest absolute Gasteiger partial charge is 0.220 e. The van der Waals surface area contributed by atoms with Gasteiger partial charge in [0.15, 0.2) is 0 Å². The molecule has 0 aliphatic rings. The number of para-hydroxylation sites is 1. The molecular weight excluding hydrogens is 303 g/mol. The van der Waals surface area contributed by atoms with Crippen LogP contribution in [0, 0.1) is 5.82 Å². The maximum Gasteiger partial charge on any atom is 0.220 e. The maximum atomic E-state index is 12.9. The lowest BCUT2D eigenvalue weighted by atomic mass is 10.1. The van der Waals surface area contributed by atoms with Gasteiger partial charge in [0.2, 0.25) is 5.91 Å². The molecule has 0 spiro atoms. The summed E-state index contributed by atoms with van der Waals surface area (Å²) in [7, 11) is 0. The summed E-state index contributed by atoms with van der Waals surface area (Å²) in [5, 5.41) is 4.18. The van der Waals surface area contributed by atoms with Crippen LogP contribution in [-0.2, 0) is 11.2 Å². The number of H-pyrrole nitrogens is 1. The number of aromatic amines is 1. The first kappa shape index (κ1) is 16.2. The van der Waals surface area contributed by atoms with E-state index in [0.29, 0.717) is 6.42 Å². The lowest BCUT2D eigenvalue weighted by Gasteiger charge is -2.14. The van der Waals surface area contributed by atoms with Crippen molar-refractivity contribution in [2.45, 2.75) is 32.2 Å². The second kappa shape index (κ2) is 7.30. The molecule has 124 valence electrons. The van der Waals surface area contributed by atoms with Crippen LogP contribution in [0.5, 0.6) is 0 Å². The molecule has 0 saturated carbocycles. The third-order valence-electron chi connectivity index (χ3n) is 4.27. The number of amides is 1. The zero-order valence-corrected chi connectivity index (χ0v) is 13.7. The summed E-state index contributed by atoms with van der Waals surface area (Å²) >= 11 is 0. The van der Waals surface area contributed by atoms with E-state index in [1.54, 1.807) is 12.1 Å². The molecule has 3 rings (SSSR count). The fraction of sp³-hybridized carbons (Fsp3) is 0.250. The molecule has 24 heavy (non-hydrogen) atoms. The Morgan fingerprint density at radius 1 is 1.17 bits per heavy atom. The Balaban J connectivity index is 1.49. The number of nitrogens with one attached hydrogen (secondary N) is 2. The standard InChI is InChI=1S/C20H21FN2O/c1-14(15-9-11-17(21)12-10-15)23-20(24)8-4-5-16-13-22-19-7-3-2-6-18(16)19/h2-3,6-7,9-14,22H,4-5,8H2,1H3,(H,23,24)/t14-/m1/s1. The molecule has 2 N–H and O–H groups in total. The fourth-order valence-electron chi connectivity index (χ4n) is 2.93. The first-order valence-corrected chi connectivity index (χ1v) is 8.23. The monoisotopic (exact) mass is 324 g/mol. The third-order valence-corrected chi connectivity index (χ3v) is 4.27. The highest BCUT2D eigenvalue weighted by molar-refractivity contribution is 5.83. The van der Waals surface area contributed by atoms with Crippen LogP contribution < -0.4 is 5.32 Å². The molecule has 0 unspecified atom stereocenters. The Hall–Kier alpha value is -2.62. The Kier molecular flexibility index (Phi) is 4.94. The van der Waals surface area contributed by atoms with Crippen LogP contribution in [0.3, 0.4) is 0 Å². The van der Waals surface area contributed by atoms with Crippen molar-refractivity contribution in [3.05, 3.63) is 71.7 Å². The number of halogens is 1. The van der Waals surface area contributed by atoms with Gasteiger partial charge in [-0.15, -0.1) is 0 Å². The van der Waals surface area contributed by atoms with E-state index >= 15 is 0 Å². The average Bonchev–Trinajstić information content (AvgIpc) is 2.99. The second-order valence-electron chi connectivity index (χ2n) is 6.05. The van der Waals surface area contributed by atoms with Gasteiger partial charge in [0.25, 0.3) is 0 Å². The summed E-state index contributed by atoms with van der Waals surface area (Å²) < 4.78 is 12.9. The highest BCUT2D eigenvalue weighted by atomic mass is 19.1. The summed E-state index contributed by atoms with van der Waals surface area (Å²) in [6.45, 7) is 1.91. The van der Waals surface area contributed by atoms with Gasteiger partial charge < -0.3 is 10.3 Å². The number of hydrogen-bond acceptors (Lipinski definition) is 1. The summed E-state index contributed by atoms with van der Waals surface area (Å²) in [6, 6.07) is 14.3. The van der Waals surface area contributed by atoms with Gasteiger partial charge in [-0.2, -0.15) is 0 Å². The fourth-order valence-corrected chi connectivity index (χ4v) is 2.93. The molecule has 0 bridgehead atoms. The van der Waals surface area contributed by atoms with E-state index in [0.717, 1.165) is 23.9 Å². The molecule has 0 aliphatic heterocycles. The van der Waals surface area contributed by atoms with Gasteiger partial charge in [-0.1, -0.05) is 30.3 Å². The molecular formula is C20H21FN2O. The van der Waals surface area contributed by atoms with Crippen molar-refractivity contribution in [3.63, 3.8) is 0 Å². The molecule has 2 aromatic carbocycles. The van der Waals surface area contributed by atoms with Crippen molar-refractivity contribution >= 4 is 16.8 Å². The number of rotatable bonds is 6. The van der Waals surface area contributed by atoms with Crippen LogP contribution in [0.4, 0.5) is 4.39 Å². The lowest BCUT2D eigenvalue weighted by molar-refractivity contribution is -0.121. The van der Waals surface area contributed by atoms with Gasteiger partial charge in [0, 0.05) is 23.5 Å². The van der Waals surface area contributed by atoms with Crippen LogP contribution in [-0.4, -0.2) is 10.9 Å². The van der Waals surface area contributed by atoms with Crippen molar-refractivity contribution in [1.29, 1.82) is 0 Å². The molecule has 3 nitrogen and oxygen atoms in total. The minimum atomic E-state index is -0.268. The first-order valence-electron chi connectivity index (χ1n) is 8.23. The predicted molar refractivity (Wildman–Crippen MR) is 94.2 cm³/mol. The summed E-state index contributed by atoms with van der Waals surface area (Å²) in [4.78, 5) is 15.3. The van der Waals surface area contributed by atoms with E-state index in [-0.39, 0.29) is 17.8 Å². The molecule has 0 fully saturated rings. The molecule has 4 heteroatoms. The molecule has 1 amide bonds. The SMILES string of the molecule is C[C@@H](NC(=O)CCCc1c[nH]c2ccccc12)c1ccc(F)cc1. The summed E-state index contributed by atoms with van der Waals surface area (Å²) in [5.41, 5.74) is 3.27. The van der Waals surface area contributed by atoms with Crippen molar-refractivity contribution in [2.75, 3.05) is 0 Å². The Bertz CT molecular complexity index is 823. The number of aromatic nitrogens is 1. The van der Waals surface area contributed by atoms with E-state index in [1.807, 2.05) is 25.3 Å². The van der Waals surface area contributed by atoms with Crippen LogP contribution in [0.2, 0.25) is 0 Å². The van der Waals surface area contributed by atoms with Gasteiger partial charge in [-0.05, 0) is 49.1 Å². The molecule has 1 atom stereocenters. The van der Waals surface area contributed by atoms with Crippen LogP contribution >= 0.6 is 0 Å². The third kappa shape index (κ3) is 3.82. The number of hydrogen-bond donors (Lipinski definition) is 2. The van der Waals surface area contributed by atoms with Crippen LogP contribution in [0.25, 0.3) is 10.9 Å². The van der Waals surface area contributed by atoms with E-state index < -0.39 is 0 Å². The Labute approximate surface area is 140 Å². The summed E-state index contributed by atoms with van der Waals surface area (Å²) in [6.07, 6.45) is 4.15. The number of aryl methyl sites for hydroxylation is 1. The Morgan fingerprint density at radius 3 is 2.71 bits per heavy atom. The highest BCUT2D eigenvalue weighted by Gasteiger charge is 2.10. The highest BCUT2D eigenvalue weighted by Crippen LogP contribution is 2.19. The lowest BCUT2D eigenvalue weighted by Crippen LogP contribution is -2.26. The largest absolute Gasteiger partial charge is 0.361 e.